The minimum Gasteiger partial charge on any atom is -0.502 e. The minimum atomic E-state index is -0.407. The molecule has 0 saturated heterocycles. The first-order valence-electron chi connectivity index (χ1n) is 9.51. The van der Waals surface area contributed by atoms with Crippen LogP contribution in [0.3, 0.4) is 0 Å². The molecule has 0 aliphatic carbocycles. The largest absolute Gasteiger partial charge is 0.502 e. The summed E-state index contributed by atoms with van der Waals surface area (Å²) in [5, 5.41) is 10.3. The predicted octanol–water partition coefficient (Wildman–Crippen LogP) is 5.91. The first kappa shape index (κ1) is 19.2. The van der Waals surface area contributed by atoms with Crippen molar-refractivity contribution in [3.05, 3.63) is 120 Å². The highest BCUT2D eigenvalue weighted by Crippen LogP contribution is 2.29. The molecule has 2 aromatic heterocycles. The van der Waals surface area contributed by atoms with Crippen molar-refractivity contribution >= 4 is 11.0 Å². The zero-order valence-electron chi connectivity index (χ0n) is 16.1. The van der Waals surface area contributed by atoms with Gasteiger partial charge in [0.2, 0.25) is 11.2 Å². The predicted molar refractivity (Wildman–Crippen MR) is 119 cm³/mol. The van der Waals surface area contributed by atoms with Gasteiger partial charge in [-0.15, -0.1) is 0 Å². The van der Waals surface area contributed by atoms with E-state index in [1.54, 1.807) is 36.4 Å². The Morgan fingerprint density at radius 1 is 0.667 bits per heavy atom. The lowest BCUT2D eigenvalue weighted by molar-refractivity contribution is 0.449. The zero-order chi connectivity index (χ0) is 20.8. The van der Waals surface area contributed by atoms with Gasteiger partial charge in [0.1, 0.15) is 5.58 Å². The molecule has 0 aliphatic rings. The van der Waals surface area contributed by atoms with E-state index in [-0.39, 0.29) is 11.5 Å². The van der Waals surface area contributed by atoms with Crippen molar-refractivity contribution in [1.82, 2.24) is 4.98 Å². The average molecular weight is 393 g/mol. The second-order valence-electron chi connectivity index (χ2n) is 6.55. The maximum Gasteiger partial charge on any atom is 0.235 e. The first-order chi connectivity index (χ1) is 14.7. The van der Waals surface area contributed by atoms with Gasteiger partial charge in [0.25, 0.3) is 0 Å². The van der Waals surface area contributed by atoms with Crippen LogP contribution in [0.4, 0.5) is 0 Å². The smallest absolute Gasteiger partial charge is 0.235 e. The summed E-state index contributed by atoms with van der Waals surface area (Å²) in [4.78, 5) is 16.3. The normalized spacial score (nSPS) is 10.3. The van der Waals surface area contributed by atoms with Crippen LogP contribution >= 0.6 is 0 Å². The second-order valence-corrected chi connectivity index (χ2v) is 6.55. The number of nitrogens with zero attached hydrogens (tertiary/aromatic N) is 1. The Labute approximate surface area is 173 Å². The van der Waals surface area contributed by atoms with Gasteiger partial charge in [-0.1, -0.05) is 78.9 Å². The molecule has 0 amide bonds. The van der Waals surface area contributed by atoms with Crippen molar-refractivity contribution < 1.29 is 9.52 Å². The van der Waals surface area contributed by atoms with Gasteiger partial charge in [0.15, 0.2) is 5.76 Å². The fourth-order valence-electron chi connectivity index (χ4n) is 3.06. The van der Waals surface area contributed by atoms with E-state index in [2.05, 4.69) is 17.1 Å². The monoisotopic (exact) mass is 393 g/mol. The summed E-state index contributed by atoms with van der Waals surface area (Å²) >= 11 is 0. The number of aromatic hydroxyl groups is 1. The van der Waals surface area contributed by atoms with Crippen LogP contribution in [-0.2, 0) is 0 Å². The van der Waals surface area contributed by atoms with Gasteiger partial charge in [-0.2, -0.15) is 0 Å². The third-order valence-corrected chi connectivity index (χ3v) is 4.54. The van der Waals surface area contributed by atoms with Crippen LogP contribution < -0.4 is 5.43 Å². The first-order valence-corrected chi connectivity index (χ1v) is 9.51. The molecule has 0 bridgehead atoms. The molecular formula is C26H19NO3. The fourth-order valence-corrected chi connectivity index (χ4v) is 3.06. The van der Waals surface area contributed by atoms with Crippen molar-refractivity contribution in [2.75, 3.05) is 0 Å². The molecule has 0 radical (unpaired) electrons. The summed E-state index contributed by atoms with van der Waals surface area (Å²) in [7, 11) is 0. The molecule has 0 spiro atoms. The maximum absolute atomic E-state index is 12.0. The number of hydrogen-bond acceptors (Lipinski definition) is 4. The van der Waals surface area contributed by atoms with Gasteiger partial charge >= 0.3 is 0 Å². The van der Waals surface area contributed by atoms with Gasteiger partial charge in [0.05, 0.1) is 11.1 Å². The fraction of sp³-hybridized carbons (Fsp3) is 0. The molecule has 0 atom stereocenters. The van der Waals surface area contributed by atoms with Crippen molar-refractivity contribution in [3.8, 4) is 28.3 Å². The van der Waals surface area contributed by atoms with Crippen LogP contribution in [0, 0.1) is 0 Å². The summed E-state index contributed by atoms with van der Waals surface area (Å²) in [6.07, 6.45) is 1.81. The van der Waals surface area contributed by atoms with E-state index >= 15 is 0 Å². The Hall–Kier alpha value is -4.18. The SMILES string of the molecule is O=c1c(O)c(-c2ccccc2)oc2ccccc12.c1ccc(-c2ccccn2)cc1. The Kier molecular flexibility index (Phi) is 5.67. The van der Waals surface area contributed by atoms with Crippen LogP contribution in [0.15, 0.2) is 119 Å². The van der Waals surface area contributed by atoms with Gasteiger partial charge in [-0.3, -0.25) is 9.78 Å². The van der Waals surface area contributed by atoms with Crippen molar-refractivity contribution in [3.63, 3.8) is 0 Å². The quantitative estimate of drug-likeness (QED) is 0.405. The number of aromatic nitrogens is 1. The molecule has 0 fully saturated rings. The molecule has 0 aliphatic heterocycles. The highest BCUT2D eigenvalue weighted by atomic mass is 16.4. The van der Waals surface area contributed by atoms with E-state index < -0.39 is 5.43 Å². The number of benzene rings is 3. The Morgan fingerprint density at radius 2 is 1.27 bits per heavy atom. The molecule has 0 saturated carbocycles. The van der Waals surface area contributed by atoms with Gasteiger partial charge in [-0.05, 0) is 24.3 Å². The van der Waals surface area contributed by atoms with E-state index in [9.17, 15) is 9.90 Å². The third kappa shape index (κ3) is 4.13. The van der Waals surface area contributed by atoms with Crippen molar-refractivity contribution in [2.24, 2.45) is 0 Å². The second kappa shape index (κ2) is 8.88. The topological polar surface area (TPSA) is 63.3 Å². The van der Waals surface area contributed by atoms with Crippen molar-refractivity contribution in [1.29, 1.82) is 0 Å². The lowest BCUT2D eigenvalue weighted by atomic mass is 10.1. The Balaban J connectivity index is 0.000000158. The lowest BCUT2D eigenvalue weighted by Gasteiger charge is -2.05. The molecule has 1 N–H and O–H groups in total. The van der Waals surface area contributed by atoms with Gasteiger partial charge < -0.3 is 9.52 Å². The summed E-state index contributed by atoms with van der Waals surface area (Å²) in [6.45, 7) is 0. The van der Waals surface area contributed by atoms with Crippen LogP contribution in [0.25, 0.3) is 33.6 Å². The molecule has 146 valence electrons. The van der Waals surface area contributed by atoms with Crippen LogP contribution in [0.5, 0.6) is 5.75 Å². The standard InChI is InChI=1S/C15H10O3.C11H9N/c16-13-11-8-4-5-9-12(11)18-15(14(13)17)10-6-2-1-3-7-10;1-2-6-10(7-3-1)11-8-4-5-9-12-11/h1-9,17H;1-9H. The molecule has 2 heterocycles. The van der Waals surface area contributed by atoms with E-state index in [0.29, 0.717) is 16.5 Å². The molecular weight excluding hydrogens is 374 g/mol. The summed E-state index contributed by atoms with van der Waals surface area (Å²) in [5.41, 5.74) is 2.93. The Bertz CT molecular complexity index is 1260. The number of pyridine rings is 1. The Morgan fingerprint density at radius 3 is 1.93 bits per heavy atom. The summed E-state index contributed by atoms with van der Waals surface area (Å²) < 4.78 is 5.61. The summed E-state index contributed by atoms with van der Waals surface area (Å²) in [6, 6.07) is 32.0. The van der Waals surface area contributed by atoms with E-state index in [0.717, 1.165) is 11.3 Å². The number of hydrogen-bond donors (Lipinski definition) is 1. The van der Waals surface area contributed by atoms with E-state index in [4.69, 9.17) is 4.42 Å². The number of fused-ring (bicyclic) bond motifs is 1. The van der Waals surface area contributed by atoms with E-state index in [1.165, 1.54) is 0 Å². The van der Waals surface area contributed by atoms with Gasteiger partial charge in [0, 0.05) is 17.3 Å². The zero-order valence-corrected chi connectivity index (χ0v) is 16.1. The average Bonchev–Trinajstić information content (AvgIpc) is 2.83. The van der Waals surface area contributed by atoms with Crippen molar-refractivity contribution in [2.45, 2.75) is 0 Å². The molecule has 5 rings (SSSR count). The van der Waals surface area contributed by atoms with Gasteiger partial charge in [-0.25, -0.2) is 0 Å². The number of rotatable bonds is 2. The van der Waals surface area contributed by atoms with E-state index in [1.807, 2.05) is 60.8 Å². The molecule has 4 nitrogen and oxygen atoms in total. The summed E-state index contributed by atoms with van der Waals surface area (Å²) in [5.74, 6) is -0.140. The van der Waals surface area contributed by atoms with Crippen LogP contribution in [0.1, 0.15) is 0 Å². The molecule has 3 aromatic carbocycles. The lowest BCUT2D eigenvalue weighted by Crippen LogP contribution is -2.02. The number of para-hydroxylation sites is 1. The highest BCUT2D eigenvalue weighted by molar-refractivity contribution is 5.81. The van der Waals surface area contributed by atoms with Crippen LogP contribution in [-0.4, -0.2) is 10.1 Å². The molecule has 0 unspecified atom stereocenters. The molecule has 30 heavy (non-hydrogen) atoms. The molecule has 5 aromatic rings. The molecule has 4 heteroatoms. The highest BCUT2D eigenvalue weighted by Gasteiger charge is 2.14. The maximum atomic E-state index is 12.0. The van der Waals surface area contributed by atoms with Crippen LogP contribution in [0.2, 0.25) is 0 Å². The minimum absolute atomic E-state index is 0.208. The third-order valence-electron chi connectivity index (χ3n) is 4.54.